The Kier molecular flexibility index (Phi) is 4.54. The van der Waals surface area contributed by atoms with Crippen LogP contribution in [0.15, 0.2) is 4.42 Å². The van der Waals surface area contributed by atoms with Crippen LogP contribution >= 0.6 is 0 Å². The number of carbonyl (C=O) groups excluding carboxylic acids is 1. The molecule has 1 aromatic rings. The van der Waals surface area contributed by atoms with Gasteiger partial charge in [-0.15, -0.1) is 10.2 Å². The Hall–Kier alpha value is -1.47. The van der Waals surface area contributed by atoms with E-state index in [0.29, 0.717) is 17.9 Å². The van der Waals surface area contributed by atoms with Crippen molar-refractivity contribution in [2.45, 2.75) is 50.6 Å². The summed E-state index contributed by atoms with van der Waals surface area (Å²) in [6.07, 6.45) is 5.30. The molecule has 0 N–H and O–H groups in total. The Morgan fingerprint density at radius 1 is 1.21 bits per heavy atom. The van der Waals surface area contributed by atoms with Crippen LogP contribution in [0.4, 0.5) is 0 Å². The van der Waals surface area contributed by atoms with E-state index in [1.54, 1.807) is 0 Å². The molecule has 0 aromatic carbocycles. The predicted octanol–water partition coefficient (Wildman–Crippen LogP) is 1.08. The molecule has 0 bridgehead atoms. The summed E-state index contributed by atoms with van der Waals surface area (Å²) in [4.78, 5) is 18.5. The summed E-state index contributed by atoms with van der Waals surface area (Å²) in [7, 11) is 2.14. The fourth-order valence-electron chi connectivity index (χ4n) is 3.75. The second kappa shape index (κ2) is 6.80. The third-order valence-electron chi connectivity index (χ3n) is 5.52. The molecule has 7 heteroatoms. The van der Waals surface area contributed by atoms with Gasteiger partial charge < -0.3 is 9.32 Å². The Bertz CT molecular complexity index is 585. The van der Waals surface area contributed by atoms with Gasteiger partial charge in [0.05, 0.1) is 6.54 Å². The van der Waals surface area contributed by atoms with Crippen LogP contribution in [0.5, 0.6) is 0 Å². The van der Waals surface area contributed by atoms with Crippen LogP contribution in [0, 0.1) is 0 Å². The van der Waals surface area contributed by atoms with E-state index in [1.165, 1.54) is 12.8 Å². The third-order valence-corrected chi connectivity index (χ3v) is 5.52. The van der Waals surface area contributed by atoms with Gasteiger partial charge in [-0.1, -0.05) is 0 Å². The van der Waals surface area contributed by atoms with E-state index in [0.717, 1.165) is 70.3 Å². The van der Waals surface area contributed by atoms with E-state index in [2.05, 4.69) is 27.0 Å². The monoisotopic (exact) mass is 333 g/mol. The molecule has 2 aliphatic heterocycles. The highest BCUT2D eigenvalue weighted by Gasteiger charge is 2.31. The summed E-state index contributed by atoms with van der Waals surface area (Å²) < 4.78 is 5.77. The van der Waals surface area contributed by atoms with Crippen LogP contribution in [0.1, 0.15) is 49.8 Å². The first-order valence-corrected chi connectivity index (χ1v) is 9.21. The van der Waals surface area contributed by atoms with Crippen molar-refractivity contribution in [2.24, 2.45) is 0 Å². The Labute approximate surface area is 143 Å². The highest BCUT2D eigenvalue weighted by molar-refractivity contribution is 5.78. The van der Waals surface area contributed by atoms with Crippen molar-refractivity contribution in [2.75, 3.05) is 39.8 Å². The van der Waals surface area contributed by atoms with E-state index in [4.69, 9.17) is 4.42 Å². The highest BCUT2D eigenvalue weighted by atomic mass is 16.4. The molecule has 4 rings (SSSR count). The van der Waals surface area contributed by atoms with Crippen LogP contribution < -0.4 is 0 Å². The molecule has 1 saturated carbocycles. The summed E-state index contributed by atoms with van der Waals surface area (Å²) in [5.41, 5.74) is 0. The number of hydrogen-bond donors (Lipinski definition) is 0. The van der Waals surface area contributed by atoms with Crippen LogP contribution in [-0.2, 0) is 11.3 Å². The van der Waals surface area contributed by atoms with Crippen LogP contribution in [0.2, 0.25) is 0 Å². The Morgan fingerprint density at radius 3 is 2.83 bits per heavy atom. The van der Waals surface area contributed by atoms with E-state index in [1.807, 2.05) is 4.90 Å². The van der Waals surface area contributed by atoms with Crippen molar-refractivity contribution in [3.63, 3.8) is 0 Å². The zero-order chi connectivity index (χ0) is 16.5. The van der Waals surface area contributed by atoms with Gasteiger partial charge in [0, 0.05) is 44.6 Å². The molecule has 3 heterocycles. The average molecular weight is 333 g/mol. The molecule has 1 aromatic heterocycles. The fraction of sp³-hybridized carbons (Fsp3) is 0.824. The molecule has 3 aliphatic rings. The molecular formula is C17H27N5O2. The summed E-state index contributed by atoms with van der Waals surface area (Å²) in [6, 6.07) is 0.524. The molecule has 1 amide bonds. The average Bonchev–Trinajstić information content (AvgIpc) is 2.98. The SMILES string of the molecule is CN(Cc1nnc(C2CC2)o1)[C@@H]1CCN(CCN2CCCC2=O)C1. The lowest BCUT2D eigenvalue weighted by Crippen LogP contribution is -2.37. The van der Waals surface area contributed by atoms with Gasteiger partial charge >= 0.3 is 0 Å². The van der Waals surface area contributed by atoms with Gasteiger partial charge in [0.2, 0.25) is 17.7 Å². The minimum atomic E-state index is 0.325. The summed E-state index contributed by atoms with van der Waals surface area (Å²) in [6.45, 7) is 5.70. The molecular weight excluding hydrogens is 306 g/mol. The highest BCUT2D eigenvalue weighted by Crippen LogP contribution is 2.39. The molecule has 7 nitrogen and oxygen atoms in total. The summed E-state index contributed by atoms with van der Waals surface area (Å²) in [5.74, 6) is 2.40. The first kappa shape index (κ1) is 16.0. The van der Waals surface area contributed by atoms with Gasteiger partial charge in [-0.2, -0.15) is 0 Å². The number of likely N-dealkylation sites (tertiary alicyclic amines) is 2. The molecule has 0 unspecified atom stereocenters. The van der Waals surface area contributed by atoms with Crippen molar-refractivity contribution in [1.82, 2.24) is 24.9 Å². The van der Waals surface area contributed by atoms with Crippen LogP contribution in [0.25, 0.3) is 0 Å². The van der Waals surface area contributed by atoms with Gasteiger partial charge in [0.15, 0.2) is 0 Å². The van der Waals surface area contributed by atoms with Gasteiger partial charge in [0.1, 0.15) is 0 Å². The van der Waals surface area contributed by atoms with E-state index in [9.17, 15) is 4.79 Å². The number of carbonyl (C=O) groups is 1. The second-order valence-electron chi connectivity index (χ2n) is 7.45. The number of rotatable bonds is 7. The number of amides is 1. The van der Waals surface area contributed by atoms with Crippen molar-refractivity contribution in [3.05, 3.63) is 11.8 Å². The Morgan fingerprint density at radius 2 is 2.08 bits per heavy atom. The smallest absolute Gasteiger partial charge is 0.230 e. The minimum Gasteiger partial charge on any atom is -0.424 e. The zero-order valence-corrected chi connectivity index (χ0v) is 14.5. The largest absolute Gasteiger partial charge is 0.424 e. The van der Waals surface area contributed by atoms with Gasteiger partial charge in [0.25, 0.3) is 0 Å². The predicted molar refractivity (Wildman–Crippen MR) is 88.4 cm³/mol. The molecule has 3 fully saturated rings. The van der Waals surface area contributed by atoms with E-state index < -0.39 is 0 Å². The maximum atomic E-state index is 11.7. The maximum Gasteiger partial charge on any atom is 0.230 e. The van der Waals surface area contributed by atoms with E-state index >= 15 is 0 Å². The van der Waals surface area contributed by atoms with Gasteiger partial charge in [-0.25, -0.2) is 0 Å². The molecule has 0 radical (unpaired) electrons. The molecule has 24 heavy (non-hydrogen) atoms. The Balaban J connectivity index is 1.22. The fourth-order valence-corrected chi connectivity index (χ4v) is 3.75. The lowest BCUT2D eigenvalue weighted by molar-refractivity contribution is -0.127. The number of aromatic nitrogens is 2. The van der Waals surface area contributed by atoms with Crippen LogP contribution in [0.3, 0.4) is 0 Å². The summed E-state index contributed by atoms with van der Waals surface area (Å²) in [5, 5.41) is 8.35. The second-order valence-corrected chi connectivity index (χ2v) is 7.45. The number of nitrogens with zero attached hydrogens (tertiary/aromatic N) is 5. The number of likely N-dealkylation sites (N-methyl/N-ethyl adjacent to an activating group) is 1. The molecule has 2 saturated heterocycles. The summed E-state index contributed by atoms with van der Waals surface area (Å²) >= 11 is 0. The minimum absolute atomic E-state index is 0.325. The normalized spacial score (nSPS) is 25.3. The van der Waals surface area contributed by atoms with Crippen molar-refractivity contribution < 1.29 is 9.21 Å². The first-order valence-electron chi connectivity index (χ1n) is 9.21. The first-order chi connectivity index (χ1) is 11.7. The van der Waals surface area contributed by atoms with Crippen LogP contribution in [-0.4, -0.2) is 76.6 Å². The number of hydrogen-bond acceptors (Lipinski definition) is 6. The standard InChI is InChI=1S/C17H27N5O2/c1-20(12-15-18-19-17(24-15)13-4-5-13)14-6-8-21(11-14)9-10-22-7-2-3-16(22)23/h13-14H,2-12H2,1H3/t14-/m1/s1. The molecule has 1 atom stereocenters. The van der Waals surface area contributed by atoms with Gasteiger partial charge in [-0.3, -0.25) is 14.6 Å². The van der Waals surface area contributed by atoms with Crippen molar-refractivity contribution in [3.8, 4) is 0 Å². The van der Waals surface area contributed by atoms with Crippen molar-refractivity contribution >= 4 is 5.91 Å². The topological polar surface area (TPSA) is 65.7 Å². The molecule has 132 valence electrons. The lowest BCUT2D eigenvalue weighted by Gasteiger charge is -2.24. The zero-order valence-electron chi connectivity index (χ0n) is 14.5. The maximum absolute atomic E-state index is 11.7. The van der Waals surface area contributed by atoms with Gasteiger partial charge in [-0.05, 0) is 39.3 Å². The quantitative estimate of drug-likeness (QED) is 0.744. The molecule has 1 aliphatic carbocycles. The van der Waals surface area contributed by atoms with Crippen molar-refractivity contribution in [1.29, 1.82) is 0 Å². The third kappa shape index (κ3) is 3.62. The lowest BCUT2D eigenvalue weighted by atomic mass is 10.2. The molecule has 0 spiro atoms. The van der Waals surface area contributed by atoms with E-state index in [-0.39, 0.29) is 0 Å².